The van der Waals surface area contributed by atoms with E-state index in [-0.39, 0.29) is 11.6 Å². The van der Waals surface area contributed by atoms with Gasteiger partial charge in [-0.05, 0) is 49.3 Å². The Morgan fingerprint density at radius 3 is 2.79 bits per heavy atom. The lowest BCUT2D eigenvalue weighted by atomic mass is 9.85. The fraction of sp³-hybridized carbons (Fsp3) is 0.647. The molecule has 1 heterocycles. The van der Waals surface area contributed by atoms with E-state index in [1.165, 1.54) is 30.4 Å². The fourth-order valence-electron chi connectivity index (χ4n) is 3.79. The van der Waals surface area contributed by atoms with Gasteiger partial charge in [-0.25, -0.2) is 0 Å². The van der Waals surface area contributed by atoms with Crippen molar-refractivity contribution >= 4 is 0 Å². The Kier molecular flexibility index (Phi) is 3.09. The smallest absolute Gasteiger partial charge is 0.123 e. The lowest BCUT2D eigenvalue weighted by Crippen LogP contribution is -2.24. The average Bonchev–Trinajstić information content (AvgIpc) is 2.88. The molecule has 3 rings (SSSR count). The quantitative estimate of drug-likeness (QED) is 0.876. The first-order chi connectivity index (χ1) is 8.96. The molecule has 1 saturated carbocycles. The zero-order chi connectivity index (χ0) is 13.6. The normalized spacial score (nSPS) is 29.9. The second-order valence-corrected chi connectivity index (χ2v) is 7.00. The van der Waals surface area contributed by atoms with Gasteiger partial charge in [0, 0.05) is 12.5 Å². The van der Waals surface area contributed by atoms with E-state index in [1.807, 2.05) is 0 Å². The van der Waals surface area contributed by atoms with Crippen molar-refractivity contribution in [1.29, 1.82) is 0 Å². The van der Waals surface area contributed by atoms with E-state index in [0.717, 1.165) is 18.1 Å². The Labute approximate surface area is 116 Å². The first-order valence-corrected chi connectivity index (χ1v) is 7.54. The molecule has 2 heteroatoms. The van der Waals surface area contributed by atoms with Gasteiger partial charge in [-0.15, -0.1) is 0 Å². The lowest BCUT2D eigenvalue weighted by molar-refractivity contribution is 0.138. The Bertz CT molecular complexity index is 480. The van der Waals surface area contributed by atoms with E-state index in [2.05, 4.69) is 39.0 Å². The van der Waals surface area contributed by atoms with E-state index >= 15 is 0 Å². The molecule has 2 aliphatic rings. The van der Waals surface area contributed by atoms with Gasteiger partial charge < -0.3 is 10.5 Å². The largest absolute Gasteiger partial charge is 0.487 e. The highest BCUT2D eigenvalue weighted by atomic mass is 16.5. The number of benzene rings is 1. The van der Waals surface area contributed by atoms with Gasteiger partial charge in [0.25, 0.3) is 0 Å². The number of fused-ring (bicyclic) bond motifs is 1. The molecule has 0 radical (unpaired) electrons. The monoisotopic (exact) mass is 259 g/mol. The van der Waals surface area contributed by atoms with Crippen LogP contribution >= 0.6 is 0 Å². The summed E-state index contributed by atoms with van der Waals surface area (Å²) in [6.45, 7) is 6.63. The van der Waals surface area contributed by atoms with Crippen molar-refractivity contribution in [2.75, 3.05) is 0 Å². The van der Waals surface area contributed by atoms with Crippen LogP contribution in [0.4, 0.5) is 0 Å². The van der Waals surface area contributed by atoms with Crippen LogP contribution in [0.25, 0.3) is 0 Å². The van der Waals surface area contributed by atoms with Crippen LogP contribution < -0.4 is 10.5 Å². The molecule has 0 amide bonds. The van der Waals surface area contributed by atoms with Gasteiger partial charge in [0.15, 0.2) is 0 Å². The van der Waals surface area contributed by atoms with E-state index in [4.69, 9.17) is 10.5 Å². The third kappa shape index (κ3) is 2.38. The molecule has 0 bridgehead atoms. The summed E-state index contributed by atoms with van der Waals surface area (Å²) < 4.78 is 5.93. The second kappa shape index (κ2) is 4.52. The standard InChI is InChI=1S/C17H25NO/c1-11-5-4-6-14(11)16(18)12-7-8-15-13(9-12)10-17(2,3)19-15/h7-9,11,14,16H,4-6,10,18H2,1-3H3. The molecule has 1 fully saturated rings. The minimum Gasteiger partial charge on any atom is -0.487 e. The molecule has 1 aromatic carbocycles. The fourth-order valence-corrected chi connectivity index (χ4v) is 3.79. The van der Waals surface area contributed by atoms with Crippen molar-refractivity contribution in [2.45, 2.75) is 58.1 Å². The van der Waals surface area contributed by atoms with Crippen LogP contribution in [0.3, 0.4) is 0 Å². The van der Waals surface area contributed by atoms with Gasteiger partial charge in [-0.3, -0.25) is 0 Å². The van der Waals surface area contributed by atoms with Gasteiger partial charge in [0.05, 0.1) is 0 Å². The third-order valence-corrected chi connectivity index (χ3v) is 4.86. The summed E-state index contributed by atoms with van der Waals surface area (Å²) in [5, 5.41) is 0. The number of hydrogen-bond acceptors (Lipinski definition) is 2. The summed E-state index contributed by atoms with van der Waals surface area (Å²) in [5.74, 6) is 2.45. The Balaban J connectivity index is 1.83. The summed E-state index contributed by atoms with van der Waals surface area (Å²) in [4.78, 5) is 0. The number of ether oxygens (including phenoxy) is 1. The summed E-state index contributed by atoms with van der Waals surface area (Å²) in [6, 6.07) is 6.74. The first-order valence-electron chi connectivity index (χ1n) is 7.54. The van der Waals surface area contributed by atoms with Gasteiger partial charge in [-0.2, -0.15) is 0 Å². The van der Waals surface area contributed by atoms with E-state index in [9.17, 15) is 0 Å². The van der Waals surface area contributed by atoms with Crippen molar-refractivity contribution in [1.82, 2.24) is 0 Å². The van der Waals surface area contributed by atoms with E-state index in [1.54, 1.807) is 0 Å². The molecule has 0 saturated heterocycles. The van der Waals surface area contributed by atoms with Gasteiger partial charge in [0.2, 0.25) is 0 Å². The number of nitrogens with two attached hydrogens (primary N) is 1. The van der Waals surface area contributed by atoms with Crippen molar-refractivity contribution in [2.24, 2.45) is 17.6 Å². The topological polar surface area (TPSA) is 35.2 Å². The molecule has 1 aromatic rings. The average molecular weight is 259 g/mol. The van der Waals surface area contributed by atoms with Crippen LogP contribution in [0.2, 0.25) is 0 Å². The van der Waals surface area contributed by atoms with Crippen LogP contribution in [-0.2, 0) is 6.42 Å². The van der Waals surface area contributed by atoms with Crippen LogP contribution in [0.5, 0.6) is 5.75 Å². The van der Waals surface area contributed by atoms with Crippen LogP contribution in [0.1, 0.15) is 57.2 Å². The van der Waals surface area contributed by atoms with Crippen molar-refractivity contribution in [3.05, 3.63) is 29.3 Å². The molecule has 2 N–H and O–H groups in total. The molecule has 0 aromatic heterocycles. The van der Waals surface area contributed by atoms with Crippen molar-refractivity contribution in [3.63, 3.8) is 0 Å². The van der Waals surface area contributed by atoms with E-state index < -0.39 is 0 Å². The summed E-state index contributed by atoms with van der Waals surface area (Å²) in [7, 11) is 0. The molecule has 1 aliphatic carbocycles. The van der Waals surface area contributed by atoms with E-state index in [0.29, 0.717) is 5.92 Å². The SMILES string of the molecule is CC1CCCC1C(N)c1ccc2c(c1)CC(C)(C)O2. The molecule has 1 aliphatic heterocycles. The highest BCUT2D eigenvalue weighted by Gasteiger charge is 2.33. The molecule has 19 heavy (non-hydrogen) atoms. The maximum atomic E-state index is 6.51. The minimum absolute atomic E-state index is 0.0638. The lowest BCUT2D eigenvalue weighted by Gasteiger charge is -2.24. The highest BCUT2D eigenvalue weighted by molar-refractivity contribution is 5.42. The number of rotatable bonds is 2. The predicted molar refractivity (Wildman–Crippen MR) is 78.3 cm³/mol. The van der Waals surface area contributed by atoms with Crippen molar-refractivity contribution in [3.8, 4) is 5.75 Å². The zero-order valence-electron chi connectivity index (χ0n) is 12.3. The van der Waals surface area contributed by atoms with Crippen molar-refractivity contribution < 1.29 is 4.74 Å². The van der Waals surface area contributed by atoms with Crippen LogP contribution in [-0.4, -0.2) is 5.60 Å². The summed E-state index contributed by atoms with van der Waals surface area (Å²) >= 11 is 0. The number of hydrogen-bond donors (Lipinski definition) is 1. The Hall–Kier alpha value is -1.02. The maximum Gasteiger partial charge on any atom is 0.123 e. The molecular formula is C17H25NO. The predicted octanol–water partition coefficient (Wildman–Crippen LogP) is 3.84. The van der Waals surface area contributed by atoms with Gasteiger partial charge in [-0.1, -0.05) is 31.9 Å². The zero-order valence-corrected chi connectivity index (χ0v) is 12.3. The summed E-state index contributed by atoms with van der Waals surface area (Å²) in [6.07, 6.45) is 4.94. The van der Waals surface area contributed by atoms with Gasteiger partial charge in [0.1, 0.15) is 11.4 Å². The molecule has 2 nitrogen and oxygen atoms in total. The minimum atomic E-state index is -0.0638. The maximum absolute atomic E-state index is 6.51. The molecule has 3 unspecified atom stereocenters. The molecule has 3 atom stereocenters. The molecule has 0 spiro atoms. The summed E-state index contributed by atoms with van der Waals surface area (Å²) in [5.41, 5.74) is 9.06. The van der Waals surface area contributed by atoms with Crippen LogP contribution in [0.15, 0.2) is 18.2 Å². The van der Waals surface area contributed by atoms with Gasteiger partial charge >= 0.3 is 0 Å². The Morgan fingerprint density at radius 1 is 1.32 bits per heavy atom. The highest BCUT2D eigenvalue weighted by Crippen LogP contribution is 2.41. The molecular weight excluding hydrogens is 234 g/mol. The Morgan fingerprint density at radius 2 is 2.11 bits per heavy atom. The molecule has 104 valence electrons. The second-order valence-electron chi connectivity index (χ2n) is 7.00. The third-order valence-electron chi connectivity index (χ3n) is 4.86. The first kappa shape index (κ1) is 13.0. The van der Waals surface area contributed by atoms with Crippen LogP contribution in [0, 0.1) is 11.8 Å².